The third kappa shape index (κ3) is 4.02. The molecule has 1 rings (SSSR count). The number of carboxylic acid groups (broad SMARTS) is 1. The van der Waals surface area contributed by atoms with Crippen molar-refractivity contribution < 1.29 is 19.5 Å². The minimum absolute atomic E-state index is 0.204. The maximum Gasteiger partial charge on any atom is 0.323 e. The lowest BCUT2D eigenvalue weighted by molar-refractivity contribution is -0.138. The number of aryl methyl sites for hydroxylation is 2. The number of nitrogens with zero attached hydrogens (tertiary/aromatic N) is 3. The summed E-state index contributed by atoms with van der Waals surface area (Å²) in [5.41, 5.74) is 6.08. The van der Waals surface area contributed by atoms with Crippen LogP contribution in [0.15, 0.2) is 6.07 Å². The lowest BCUT2D eigenvalue weighted by Crippen LogP contribution is -2.41. The summed E-state index contributed by atoms with van der Waals surface area (Å²) in [7, 11) is 0. The molecule has 8 nitrogen and oxygen atoms in total. The number of carboxylic acids is 1. The molecule has 2 amide bonds. The SMILES string of the molecule is Cc1cc(C(=O)N(CC(N)=O)CC(=O)O)c(C)nn1. The van der Waals surface area contributed by atoms with Crippen molar-refractivity contribution in [2.45, 2.75) is 13.8 Å². The van der Waals surface area contributed by atoms with Crippen molar-refractivity contribution in [3.63, 3.8) is 0 Å². The molecule has 0 aliphatic rings. The van der Waals surface area contributed by atoms with Crippen molar-refractivity contribution in [2.75, 3.05) is 13.1 Å². The first-order valence-electron chi connectivity index (χ1n) is 5.41. The zero-order chi connectivity index (χ0) is 14.6. The molecule has 1 heterocycles. The minimum Gasteiger partial charge on any atom is -0.480 e. The summed E-state index contributed by atoms with van der Waals surface area (Å²) in [6.45, 7) is 2.15. The fraction of sp³-hybridized carbons (Fsp3) is 0.364. The molecule has 1 aromatic heterocycles. The van der Waals surface area contributed by atoms with Gasteiger partial charge in [-0.25, -0.2) is 0 Å². The Morgan fingerprint density at radius 2 is 1.89 bits per heavy atom. The summed E-state index contributed by atoms with van der Waals surface area (Å²) in [4.78, 5) is 34.6. The molecular weight excluding hydrogens is 252 g/mol. The van der Waals surface area contributed by atoms with Gasteiger partial charge in [-0.15, -0.1) is 0 Å². The number of hydrogen-bond donors (Lipinski definition) is 2. The molecule has 0 saturated heterocycles. The number of hydrogen-bond acceptors (Lipinski definition) is 5. The van der Waals surface area contributed by atoms with Gasteiger partial charge in [-0.1, -0.05) is 0 Å². The number of carbonyl (C=O) groups excluding carboxylic acids is 2. The molecule has 0 atom stereocenters. The van der Waals surface area contributed by atoms with Crippen molar-refractivity contribution in [2.24, 2.45) is 5.73 Å². The summed E-state index contributed by atoms with van der Waals surface area (Å²) in [5.74, 6) is -2.63. The van der Waals surface area contributed by atoms with Crippen LogP contribution < -0.4 is 5.73 Å². The van der Waals surface area contributed by atoms with Gasteiger partial charge >= 0.3 is 5.97 Å². The molecule has 0 bridgehead atoms. The van der Waals surface area contributed by atoms with E-state index in [9.17, 15) is 14.4 Å². The van der Waals surface area contributed by atoms with E-state index in [1.165, 1.54) is 6.07 Å². The standard InChI is InChI=1S/C11H14N4O4/c1-6-3-8(7(2)14-13-6)11(19)15(4-9(12)16)5-10(17)18/h3H,4-5H2,1-2H3,(H2,12,16)(H,17,18). The highest BCUT2D eigenvalue weighted by molar-refractivity contribution is 5.98. The Hall–Kier alpha value is -2.51. The van der Waals surface area contributed by atoms with E-state index < -0.39 is 30.9 Å². The van der Waals surface area contributed by atoms with Crippen LogP contribution in [-0.4, -0.2) is 51.1 Å². The Bertz CT molecular complexity index is 513. The quantitative estimate of drug-likeness (QED) is 0.711. The molecule has 0 fully saturated rings. The van der Waals surface area contributed by atoms with Crippen LogP contribution in [-0.2, 0) is 9.59 Å². The zero-order valence-corrected chi connectivity index (χ0v) is 10.6. The monoisotopic (exact) mass is 266 g/mol. The fourth-order valence-corrected chi connectivity index (χ4v) is 1.49. The molecule has 19 heavy (non-hydrogen) atoms. The van der Waals surface area contributed by atoms with Gasteiger partial charge in [0.05, 0.1) is 17.0 Å². The third-order valence-corrected chi connectivity index (χ3v) is 2.29. The van der Waals surface area contributed by atoms with Crippen molar-refractivity contribution in [3.05, 3.63) is 23.0 Å². The van der Waals surface area contributed by atoms with Crippen LogP contribution in [0.25, 0.3) is 0 Å². The van der Waals surface area contributed by atoms with E-state index >= 15 is 0 Å². The van der Waals surface area contributed by atoms with Crippen molar-refractivity contribution in [3.8, 4) is 0 Å². The predicted octanol–water partition coefficient (Wildman–Crippen LogP) is -0.894. The predicted molar refractivity (Wildman–Crippen MR) is 64.2 cm³/mol. The summed E-state index contributed by atoms with van der Waals surface area (Å²) in [6, 6.07) is 1.49. The Morgan fingerprint density at radius 3 is 2.42 bits per heavy atom. The fourth-order valence-electron chi connectivity index (χ4n) is 1.49. The van der Waals surface area contributed by atoms with Crippen molar-refractivity contribution >= 4 is 17.8 Å². The summed E-state index contributed by atoms with van der Waals surface area (Å²) in [5, 5.41) is 16.3. The molecule has 0 radical (unpaired) electrons. The Kier molecular flexibility index (Phi) is 4.51. The molecule has 3 N–H and O–H groups in total. The number of amides is 2. The van der Waals surface area contributed by atoms with Gasteiger partial charge in [-0.05, 0) is 19.9 Å². The summed E-state index contributed by atoms with van der Waals surface area (Å²) < 4.78 is 0. The van der Waals surface area contributed by atoms with E-state index in [1.54, 1.807) is 13.8 Å². The molecule has 0 aliphatic heterocycles. The topological polar surface area (TPSA) is 126 Å². The number of aliphatic carboxylic acids is 1. The molecule has 0 aliphatic carbocycles. The van der Waals surface area contributed by atoms with Gasteiger partial charge in [0.2, 0.25) is 5.91 Å². The number of nitrogens with two attached hydrogens (primary N) is 1. The number of rotatable bonds is 5. The van der Waals surface area contributed by atoms with Gasteiger partial charge in [-0.2, -0.15) is 10.2 Å². The maximum atomic E-state index is 12.2. The highest BCUT2D eigenvalue weighted by Gasteiger charge is 2.22. The van der Waals surface area contributed by atoms with Crippen LogP contribution in [0.4, 0.5) is 0 Å². The minimum atomic E-state index is -1.23. The van der Waals surface area contributed by atoms with Gasteiger partial charge in [0, 0.05) is 0 Å². The number of carbonyl (C=O) groups is 3. The zero-order valence-electron chi connectivity index (χ0n) is 10.6. The molecule has 0 spiro atoms. The summed E-state index contributed by atoms with van der Waals surface area (Å²) in [6.07, 6.45) is 0. The van der Waals surface area contributed by atoms with Crippen molar-refractivity contribution in [1.82, 2.24) is 15.1 Å². The van der Waals surface area contributed by atoms with Crippen LogP contribution in [0.1, 0.15) is 21.7 Å². The van der Waals surface area contributed by atoms with E-state index in [1.807, 2.05) is 0 Å². The van der Waals surface area contributed by atoms with Crippen LogP contribution >= 0.6 is 0 Å². The van der Waals surface area contributed by atoms with Crippen LogP contribution in [0, 0.1) is 13.8 Å². The smallest absolute Gasteiger partial charge is 0.323 e. The lowest BCUT2D eigenvalue weighted by Gasteiger charge is -2.19. The maximum absolute atomic E-state index is 12.2. The van der Waals surface area contributed by atoms with Crippen LogP contribution in [0.5, 0.6) is 0 Å². The van der Waals surface area contributed by atoms with E-state index in [0.29, 0.717) is 11.4 Å². The molecule has 1 aromatic rings. The molecule has 102 valence electrons. The first kappa shape index (κ1) is 14.6. The molecule has 0 unspecified atom stereocenters. The van der Waals surface area contributed by atoms with Crippen molar-refractivity contribution in [1.29, 1.82) is 0 Å². The van der Waals surface area contributed by atoms with Gasteiger partial charge in [-0.3, -0.25) is 14.4 Å². The molecular formula is C11H14N4O4. The van der Waals surface area contributed by atoms with E-state index in [-0.39, 0.29) is 5.56 Å². The van der Waals surface area contributed by atoms with Gasteiger partial charge in [0.1, 0.15) is 13.1 Å². The van der Waals surface area contributed by atoms with Crippen LogP contribution in [0.2, 0.25) is 0 Å². The van der Waals surface area contributed by atoms with E-state index in [0.717, 1.165) is 4.90 Å². The number of primary amides is 1. The second-order valence-electron chi connectivity index (χ2n) is 4.01. The third-order valence-electron chi connectivity index (χ3n) is 2.29. The van der Waals surface area contributed by atoms with Gasteiger partial charge in [0.25, 0.3) is 5.91 Å². The Balaban J connectivity index is 3.07. The van der Waals surface area contributed by atoms with E-state index in [2.05, 4.69) is 10.2 Å². The normalized spacial score (nSPS) is 10.0. The second kappa shape index (κ2) is 5.89. The van der Waals surface area contributed by atoms with Gasteiger partial charge in [0.15, 0.2) is 0 Å². The Morgan fingerprint density at radius 1 is 1.26 bits per heavy atom. The second-order valence-corrected chi connectivity index (χ2v) is 4.01. The highest BCUT2D eigenvalue weighted by Crippen LogP contribution is 2.09. The van der Waals surface area contributed by atoms with Gasteiger partial charge < -0.3 is 15.7 Å². The molecule has 0 aromatic carbocycles. The molecule has 8 heteroatoms. The Labute approximate surface area is 109 Å². The first-order valence-corrected chi connectivity index (χ1v) is 5.41. The van der Waals surface area contributed by atoms with E-state index in [4.69, 9.17) is 10.8 Å². The van der Waals surface area contributed by atoms with Crippen LogP contribution in [0.3, 0.4) is 0 Å². The average Bonchev–Trinajstić information content (AvgIpc) is 2.29. The molecule has 0 saturated carbocycles. The average molecular weight is 266 g/mol. The lowest BCUT2D eigenvalue weighted by atomic mass is 10.1. The highest BCUT2D eigenvalue weighted by atomic mass is 16.4. The number of aromatic nitrogens is 2. The largest absolute Gasteiger partial charge is 0.480 e. The summed E-state index contributed by atoms with van der Waals surface area (Å²) >= 11 is 0. The first-order chi connectivity index (χ1) is 8.81.